The van der Waals surface area contributed by atoms with Crippen molar-refractivity contribution < 1.29 is 36.4 Å². The summed E-state index contributed by atoms with van der Waals surface area (Å²) in [6.45, 7) is 3.56. The molecule has 9 heteroatoms. The van der Waals surface area contributed by atoms with E-state index < -0.39 is 39.9 Å². The summed E-state index contributed by atoms with van der Waals surface area (Å²) in [5, 5.41) is 0. The van der Waals surface area contributed by atoms with E-state index in [0.717, 1.165) is 31.7 Å². The molecule has 1 saturated carbocycles. The third kappa shape index (κ3) is 4.07. The van der Waals surface area contributed by atoms with E-state index in [4.69, 9.17) is 14.2 Å². The molecule has 0 aromatic heterocycles. The number of carbonyl (C=O) groups is 1. The normalized spacial score (nSPS) is 32.4. The SMILES string of the molecule is CC(C)C1(Oc2cc(C(=O)OCCS(=O)(=O)[O-])ccc2F)CC2C3CCC(O3)C2C1. The van der Waals surface area contributed by atoms with Crippen LogP contribution in [0.1, 0.15) is 49.9 Å². The second kappa shape index (κ2) is 7.76. The van der Waals surface area contributed by atoms with Crippen molar-refractivity contribution in [1.29, 1.82) is 0 Å². The number of benzene rings is 1. The van der Waals surface area contributed by atoms with Gasteiger partial charge in [0.25, 0.3) is 0 Å². The van der Waals surface area contributed by atoms with Gasteiger partial charge in [0.1, 0.15) is 12.2 Å². The van der Waals surface area contributed by atoms with Crippen LogP contribution in [-0.4, -0.2) is 49.1 Å². The van der Waals surface area contributed by atoms with Gasteiger partial charge >= 0.3 is 5.97 Å². The third-order valence-electron chi connectivity index (χ3n) is 6.85. The molecule has 7 nitrogen and oxygen atoms in total. The van der Waals surface area contributed by atoms with E-state index in [-0.39, 0.29) is 29.4 Å². The monoisotopic (exact) mass is 441 g/mol. The highest BCUT2D eigenvalue weighted by molar-refractivity contribution is 7.85. The van der Waals surface area contributed by atoms with E-state index in [1.54, 1.807) is 0 Å². The molecule has 1 aromatic rings. The Morgan fingerprint density at radius 2 is 1.90 bits per heavy atom. The Labute approximate surface area is 175 Å². The van der Waals surface area contributed by atoms with Gasteiger partial charge in [0.2, 0.25) is 0 Å². The van der Waals surface area contributed by atoms with Crippen LogP contribution in [0.4, 0.5) is 4.39 Å². The standard InChI is InChI=1S/C21H27FO7S/c1-12(2)21(10-14-15(11-21)18-6-5-17(14)28-18)29-19-9-13(3-4-16(19)22)20(23)27-7-8-30(24,25)26/h3-4,9,12,14-15,17-18H,5-8,10-11H2,1-2H3,(H,24,25,26)/p-1. The highest BCUT2D eigenvalue weighted by Crippen LogP contribution is 2.57. The number of halogens is 1. The molecular formula is C21H26FO7S-. The highest BCUT2D eigenvalue weighted by Gasteiger charge is 2.60. The number of rotatable bonds is 7. The Balaban J connectivity index is 1.50. The van der Waals surface area contributed by atoms with Crippen molar-refractivity contribution in [2.75, 3.05) is 12.4 Å². The molecule has 4 unspecified atom stereocenters. The molecule has 0 N–H and O–H groups in total. The van der Waals surface area contributed by atoms with E-state index >= 15 is 0 Å². The van der Waals surface area contributed by atoms with Crippen LogP contribution in [0.25, 0.3) is 0 Å². The molecule has 30 heavy (non-hydrogen) atoms. The lowest BCUT2D eigenvalue weighted by atomic mass is 9.82. The summed E-state index contributed by atoms with van der Waals surface area (Å²) < 4.78 is 63.7. The summed E-state index contributed by atoms with van der Waals surface area (Å²) in [4.78, 5) is 12.2. The first-order chi connectivity index (χ1) is 14.1. The molecule has 0 amide bonds. The summed E-state index contributed by atoms with van der Waals surface area (Å²) in [5.74, 6) is -1.29. The molecule has 2 saturated heterocycles. The zero-order valence-corrected chi connectivity index (χ0v) is 17.8. The van der Waals surface area contributed by atoms with Gasteiger partial charge in [-0.15, -0.1) is 0 Å². The van der Waals surface area contributed by atoms with Crippen LogP contribution in [0.15, 0.2) is 18.2 Å². The quantitative estimate of drug-likeness (QED) is 0.474. The maximum absolute atomic E-state index is 14.6. The van der Waals surface area contributed by atoms with E-state index in [9.17, 15) is 22.2 Å². The first-order valence-electron chi connectivity index (χ1n) is 10.3. The molecule has 1 aliphatic carbocycles. The van der Waals surface area contributed by atoms with Gasteiger partial charge in [0, 0.05) is 0 Å². The lowest BCUT2D eigenvalue weighted by Gasteiger charge is -2.36. The van der Waals surface area contributed by atoms with Crippen LogP contribution in [0.2, 0.25) is 0 Å². The Bertz CT molecular complexity index is 911. The Hall–Kier alpha value is -1.71. The molecule has 1 aromatic carbocycles. The molecule has 4 rings (SSSR count). The van der Waals surface area contributed by atoms with Crippen LogP contribution in [0, 0.1) is 23.6 Å². The Morgan fingerprint density at radius 1 is 1.27 bits per heavy atom. The summed E-state index contributed by atoms with van der Waals surface area (Å²) in [5.41, 5.74) is -0.504. The molecule has 0 radical (unpaired) electrons. The summed E-state index contributed by atoms with van der Waals surface area (Å²) >= 11 is 0. The number of esters is 1. The largest absolute Gasteiger partial charge is 0.748 e. The van der Waals surface area contributed by atoms with Crippen LogP contribution < -0.4 is 4.74 Å². The number of hydrogen-bond acceptors (Lipinski definition) is 7. The van der Waals surface area contributed by atoms with Gasteiger partial charge in [-0.1, -0.05) is 13.8 Å². The molecule has 0 spiro atoms. The molecule has 3 fully saturated rings. The molecule has 2 aliphatic heterocycles. The average molecular weight is 441 g/mol. The fraction of sp³-hybridized carbons (Fsp3) is 0.667. The van der Waals surface area contributed by atoms with Crippen LogP contribution >= 0.6 is 0 Å². The highest BCUT2D eigenvalue weighted by atomic mass is 32.2. The fourth-order valence-corrected chi connectivity index (χ4v) is 5.52. The van der Waals surface area contributed by atoms with Crippen molar-refractivity contribution in [3.05, 3.63) is 29.6 Å². The van der Waals surface area contributed by atoms with Gasteiger partial charge in [-0.2, -0.15) is 0 Å². The predicted octanol–water partition coefficient (Wildman–Crippen LogP) is 2.89. The smallest absolute Gasteiger partial charge is 0.338 e. The topological polar surface area (TPSA) is 102 Å². The molecule has 166 valence electrons. The van der Waals surface area contributed by atoms with Gasteiger partial charge in [-0.3, -0.25) is 0 Å². The van der Waals surface area contributed by atoms with E-state index in [0.29, 0.717) is 11.8 Å². The summed E-state index contributed by atoms with van der Waals surface area (Å²) in [6.07, 6.45) is 4.21. The van der Waals surface area contributed by atoms with Crippen molar-refractivity contribution >= 4 is 16.1 Å². The summed E-state index contributed by atoms with van der Waals surface area (Å²) in [6, 6.07) is 3.66. The number of fused-ring (bicyclic) bond motifs is 5. The number of carbonyl (C=O) groups excluding carboxylic acids is 1. The second-order valence-corrected chi connectivity index (χ2v) is 10.4. The Morgan fingerprint density at radius 3 is 2.47 bits per heavy atom. The summed E-state index contributed by atoms with van der Waals surface area (Å²) in [7, 11) is -4.48. The van der Waals surface area contributed by atoms with E-state index in [1.807, 2.05) is 0 Å². The van der Waals surface area contributed by atoms with Crippen molar-refractivity contribution in [3.63, 3.8) is 0 Å². The van der Waals surface area contributed by atoms with Gasteiger partial charge in [0.15, 0.2) is 11.6 Å². The van der Waals surface area contributed by atoms with Gasteiger partial charge in [0.05, 0.1) is 33.6 Å². The molecular weight excluding hydrogens is 415 g/mol. The first-order valence-corrected chi connectivity index (χ1v) is 11.9. The van der Waals surface area contributed by atoms with Crippen molar-refractivity contribution in [2.24, 2.45) is 17.8 Å². The third-order valence-corrected chi connectivity index (χ3v) is 7.52. The predicted molar refractivity (Wildman–Crippen MR) is 104 cm³/mol. The van der Waals surface area contributed by atoms with Crippen molar-refractivity contribution in [3.8, 4) is 5.75 Å². The maximum Gasteiger partial charge on any atom is 0.338 e. The van der Waals surface area contributed by atoms with E-state index in [2.05, 4.69) is 13.8 Å². The van der Waals surface area contributed by atoms with Crippen LogP contribution in [0.5, 0.6) is 5.75 Å². The zero-order chi connectivity index (χ0) is 21.7. The van der Waals surface area contributed by atoms with Crippen LogP contribution in [-0.2, 0) is 19.6 Å². The Kier molecular flexibility index (Phi) is 5.57. The van der Waals surface area contributed by atoms with Crippen molar-refractivity contribution in [1.82, 2.24) is 0 Å². The number of ether oxygens (including phenoxy) is 3. The van der Waals surface area contributed by atoms with E-state index in [1.165, 1.54) is 12.1 Å². The average Bonchev–Trinajstić information content (AvgIpc) is 3.34. The first kappa shape index (κ1) is 21.5. The minimum Gasteiger partial charge on any atom is -0.748 e. The minimum atomic E-state index is -4.48. The van der Waals surface area contributed by atoms with Gasteiger partial charge in [-0.25, -0.2) is 17.6 Å². The van der Waals surface area contributed by atoms with Gasteiger partial charge in [-0.05, 0) is 61.6 Å². The molecule has 2 heterocycles. The lowest BCUT2D eigenvalue weighted by Crippen LogP contribution is -2.40. The lowest BCUT2D eigenvalue weighted by molar-refractivity contribution is -0.00894. The molecule has 4 atom stereocenters. The van der Waals surface area contributed by atoms with Crippen LogP contribution in [0.3, 0.4) is 0 Å². The fourth-order valence-electron chi connectivity index (χ4n) is 5.24. The zero-order valence-electron chi connectivity index (χ0n) is 17.0. The molecule has 3 aliphatic rings. The minimum absolute atomic E-state index is 0.0252. The number of hydrogen-bond donors (Lipinski definition) is 0. The van der Waals surface area contributed by atoms with Gasteiger partial charge < -0.3 is 18.8 Å². The second-order valence-electron chi connectivity index (χ2n) is 8.89. The molecule has 2 bridgehead atoms. The maximum atomic E-state index is 14.6. The van der Waals surface area contributed by atoms with Crippen molar-refractivity contribution in [2.45, 2.75) is 57.3 Å².